The van der Waals surface area contributed by atoms with Crippen LogP contribution < -0.4 is 0 Å². The summed E-state index contributed by atoms with van der Waals surface area (Å²) in [6.45, 7) is 0. The van der Waals surface area contributed by atoms with Crippen LogP contribution in [0, 0.1) is 10.1 Å². The fourth-order valence-corrected chi connectivity index (χ4v) is 3.81. The van der Waals surface area contributed by atoms with Crippen molar-refractivity contribution in [1.29, 1.82) is 0 Å². The molecule has 1 heterocycles. The molecule has 1 atom stereocenters. The molecule has 2 rings (SSSR count). The van der Waals surface area contributed by atoms with Gasteiger partial charge in [0.2, 0.25) is 0 Å². The molecule has 0 saturated carbocycles. The molecule has 0 N–H and O–H groups in total. The zero-order valence-electron chi connectivity index (χ0n) is 9.15. The minimum absolute atomic E-state index is 0.0612. The minimum Gasteiger partial charge on any atom is -0.319 e. The molecule has 0 spiro atoms. The van der Waals surface area contributed by atoms with Crippen molar-refractivity contribution in [2.24, 2.45) is 0 Å². The first-order valence-corrected chi connectivity index (χ1v) is 7.39. The van der Waals surface area contributed by atoms with E-state index in [0.717, 1.165) is 5.56 Å². The van der Waals surface area contributed by atoms with Gasteiger partial charge in [0.1, 0.15) is 7.14 Å². The highest BCUT2D eigenvalue weighted by atomic mass is 31.2. The fraction of sp³-hybridized carbons (Fsp3) is 0.167. The van der Waals surface area contributed by atoms with Crippen molar-refractivity contribution in [3.05, 3.63) is 64.0 Å². The molecule has 4 nitrogen and oxygen atoms in total. The molecular weight excluding hydrogens is 237 g/mol. The van der Waals surface area contributed by atoms with Crippen LogP contribution in [0.2, 0.25) is 0 Å². The molecule has 88 valence electrons. The summed E-state index contributed by atoms with van der Waals surface area (Å²) in [6, 6.07) is 6.24. The molecule has 1 aromatic rings. The largest absolute Gasteiger partial charge is 0.319 e. The van der Waals surface area contributed by atoms with Crippen LogP contribution in [0.5, 0.6) is 0 Å². The Morgan fingerprint density at radius 1 is 1.24 bits per heavy atom. The number of hydrogen-bond acceptors (Lipinski definition) is 3. The molecule has 5 heteroatoms. The van der Waals surface area contributed by atoms with Crippen LogP contribution in [0.1, 0.15) is 5.56 Å². The second-order valence-corrected chi connectivity index (χ2v) is 6.87. The van der Waals surface area contributed by atoms with Gasteiger partial charge in [0.05, 0.1) is 4.92 Å². The van der Waals surface area contributed by atoms with Gasteiger partial charge in [0, 0.05) is 24.5 Å². The zero-order chi connectivity index (χ0) is 12.3. The normalized spacial score (nSPS) is 22.6. The standard InChI is InChI=1S/C12H12NO3P/c14-13(15)12-6-4-11(5-7-12)10-17(16)8-2-1-3-9-17/h1-8H,9-10H2. The lowest BCUT2D eigenvalue weighted by atomic mass is 10.2. The SMILES string of the molecule is O=[N+]([O-])c1ccc(CP2(=O)C=CC=CC2)cc1. The molecule has 0 radical (unpaired) electrons. The summed E-state index contributed by atoms with van der Waals surface area (Å²) in [6.07, 6.45) is 6.61. The first kappa shape index (κ1) is 11.8. The summed E-state index contributed by atoms with van der Waals surface area (Å²) in [4.78, 5) is 10.1. The molecule has 1 aromatic carbocycles. The van der Waals surface area contributed by atoms with E-state index in [1.54, 1.807) is 24.0 Å². The van der Waals surface area contributed by atoms with Crippen molar-refractivity contribution in [3.8, 4) is 0 Å². The molecule has 0 aliphatic carbocycles. The van der Waals surface area contributed by atoms with Gasteiger partial charge in [0.15, 0.2) is 0 Å². The summed E-state index contributed by atoms with van der Waals surface area (Å²) < 4.78 is 12.3. The van der Waals surface area contributed by atoms with E-state index in [2.05, 4.69) is 0 Å². The Morgan fingerprint density at radius 2 is 1.94 bits per heavy atom. The average molecular weight is 249 g/mol. The molecular formula is C12H12NO3P. The predicted octanol–water partition coefficient (Wildman–Crippen LogP) is 3.54. The monoisotopic (exact) mass is 249 g/mol. The van der Waals surface area contributed by atoms with Gasteiger partial charge in [-0.05, 0) is 11.4 Å². The fourth-order valence-electron chi connectivity index (χ4n) is 1.73. The molecule has 0 saturated heterocycles. The summed E-state index contributed by atoms with van der Waals surface area (Å²) in [5.41, 5.74) is 0.935. The number of nitro benzene ring substituents is 1. The van der Waals surface area contributed by atoms with Crippen molar-refractivity contribution in [2.75, 3.05) is 6.16 Å². The van der Waals surface area contributed by atoms with Gasteiger partial charge in [-0.3, -0.25) is 10.1 Å². The highest BCUT2D eigenvalue weighted by molar-refractivity contribution is 7.66. The van der Waals surface area contributed by atoms with E-state index in [1.165, 1.54) is 12.1 Å². The van der Waals surface area contributed by atoms with Crippen LogP contribution in [0.15, 0.2) is 48.3 Å². The first-order valence-electron chi connectivity index (χ1n) is 5.25. The zero-order valence-corrected chi connectivity index (χ0v) is 10.0. The topological polar surface area (TPSA) is 60.2 Å². The summed E-state index contributed by atoms with van der Waals surface area (Å²) >= 11 is 0. The molecule has 1 aliphatic heterocycles. The van der Waals surface area contributed by atoms with Crippen molar-refractivity contribution in [1.82, 2.24) is 0 Å². The number of nitrogens with zero attached hydrogens (tertiary/aromatic N) is 1. The third kappa shape index (κ3) is 2.92. The number of allylic oxidation sites excluding steroid dienone is 3. The van der Waals surface area contributed by atoms with Crippen LogP contribution in [0.4, 0.5) is 5.69 Å². The van der Waals surface area contributed by atoms with Crippen molar-refractivity contribution >= 4 is 12.8 Å². The van der Waals surface area contributed by atoms with E-state index in [4.69, 9.17) is 0 Å². The summed E-state index contributed by atoms with van der Waals surface area (Å²) in [5.74, 6) is 1.76. The van der Waals surface area contributed by atoms with E-state index in [9.17, 15) is 14.7 Å². The predicted molar refractivity (Wildman–Crippen MR) is 67.6 cm³/mol. The van der Waals surface area contributed by atoms with Crippen molar-refractivity contribution < 1.29 is 9.49 Å². The van der Waals surface area contributed by atoms with Crippen LogP contribution in [0.3, 0.4) is 0 Å². The maximum Gasteiger partial charge on any atom is 0.269 e. The van der Waals surface area contributed by atoms with Gasteiger partial charge in [-0.15, -0.1) is 0 Å². The smallest absolute Gasteiger partial charge is 0.269 e. The van der Waals surface area contributed by atoms with Gasteiger partial charge < -0.3 is 4.57 Å². The Morgan fingerprint density at radius 3 is 2.47 bits per heavy atom. The molecule has 0 fully saturated rings. The first-order chi connectivity index (χ1) is 8.09. The second kappa shape index (κ2) is 4.68. The lowest BCUT2D eigenvalue weighted by Gasteiger charge is -2.14. The highest BCUT2D eigenvalue weighted by Gasteiger charge is 2.19. The van der Waals surface area contributed by atoms with Crippen LogP contribution in [-0.2, 0) is 10.7 Å². The Hall–Kier alpha value is -1.67. The number of non-ortho nitro benzene ring substituents is 1. The average Bonchev–Trinajstić information content (AvgIpc) is 2.30. The van der Waals surface area contributed by atoms with E-state index >= 15 is 0 Å². The van der Waals surface area contributed by atoms with Gasteiger partial charge >= 0.3 is 0 Å². The van der Waals surface area contributed by atoms with Crippen LogP contribution in [-0.4, -0.2) is 11.1 Å². The lowest BCUT2D eigenvalue weighted by molar-refractivity contribution is -0.384. The van der Waals surface area contributed by atoms with E-state index in [1.807, 2.05) is 12.2 Å². The van der Waals surface area contributed by atoms with Crippen LogP contribution in [0.25, 0.3) is 0 Å². The number of rotatable bonds is 3. The van der Waals surface area contributed by atoms with Gasteiger partial charge in [0.25, 0.3) is 5.69 Å². The summed E-state index contributed by atoms with van der Waals surface area (Å²) in [7, 11) is -2.31. The van der Waals surface area contributed by atoms with E-state index in [0.29, 0.717) is 12.3 Å². The Kier molecular flexibility index (Phi) is 3.25. The maximum absolute atomic E-state index is 12.3. The Balaban J connectivity index is 2.14. The molecule has 17 heavy (non-hydrogen) atoms. The molecule has 0 amide bonds. The van der Waals surface area contributed by atoms with Crippen molar-refractivity contribution in [3.63, 3.8) is 0 Å². The minimum atomic E-state index is -2.31. The van der Waals surface area contributed by atoms with Gasteiger partial charge in [-0.2, -0.15) is 0 Å². The lowest BCUT2D eigenvalue weighted by Crippen LogP contribution is -1.93. The number of benzene rings is 1. The number of hydrogen-bond donors (Lipinski definition) is 0. The molecule has 0 bridgehead atoms. The Labute approximate surface area is 99.2 Å². The highest BCUT2D eigenvalue weighted by Crippen LogP contribution is 2.51. The quantitative estimate of drug-likeness (QED) is 0.467. The maximum atomic E-state index is 12.3. The Bertz CT molecular complexity index is 531. The van der Waals surface area contributed by atoms with E-state index < -0.39 is 12.1 Å². The second-order valence-electron chi connectivity index (χ2n) is 3.99. The molecule has 1 aliphatic rings. The molecule has 1 unspecified atom stereocenters. The molecule has 0 aromatic heterocycles. The van der Waals surface area contributed by atoms with Gasteiger partial charge in [-0.1, -0.05) is 30.4 Å². The summed E-state index contributed by atoms with van der Waals surface area (Å²) in [5, 5.41) is 10.5. The van der Waals surface area contributed by atoms with Gasteiger partial charge in [-0.25, -0.2) is 0 Å². The van der Waals surface area contributed by atoms with E-state index in [-0.39, 0.29) is 5.69 Å². The number of nitro groups is 1. The van der Waals surface area contributed by atoms with Crippen molar-refractivity contribution in [2.45, 2.75) is 6.16 Å². The third-order valence-corrected chi connectivity index (χ3v) is 5.06. The third-order valence-electron chi connectivity index (χ3n) is 2.62. The van der Waals surface area contributed by atoms with Crippen LogP contribution >= 0.6 is 7.14 Å².